The number of rotatable bonds is 2. The molecule has 0 spiro atoms. The summed E-state index contributed by atoms with van der Waals surface area (Å²) in [6.45, 7) is 2.90. The highest BCUT2D eigenvalue weighted by Gasteiger charge is 2.30. The molecule has 14 heavy (non-hydrogen) atoms. The average Bonchev–Trinajstić information content (AvgIpc) is 2.73. The van der Waals surface area contributed by atoms with Crippen LogP contribution in [-0.2, 0) is 4.74 Å². The number of hydrogen-bond acceptors (Lipinski definition) is 2. The lowest BCUT2D eigenvalue weighted by Gasteiger charge is -2.14. The Hall–Kier alpha value is 0.430. The van der Waals surface area contributed by atoms with E-state index in [1.807, 2.05) is 0 Å². The summed E-state index contributed by atoms with van der Waals surface area (Å²) in [5.41, 5.74) is 0. The van der Waals surface area contributed by atoms with Crippen LogP contribution >= 0.6 is 38.9 Å². The number of halogens is 2. The molecule has 1 aliphatic heterocycles. The van der Waals surface area contributed by atoms with Gasteiger partial charge in [-0.2, -0.15) is 0 Å². The average molecular weight is 296 g/mol. The fourth-order valence-corrected chi connectivity index (χ4v) is 4.04. The minimum Gasteiger partial charge on any atom is -0.378 e. The molecule has 0 radical (unpaired) electrons. The van der Waals surface area contributed by atoms with Crippen molar-refractivity contribution in [1.29, 1.82) is 0 Å². The second kappa shape index (κ2) is 4.52. The Balaban J connectivity index is 2.09. The molecule has 0 amide bonds. The molecule has 0 N–H and O–H groups in total. The molecular formula is C10H12BrClOS. The maximum atomic E-state index is 6.42. The zero-order chi connectivity index (χ0) is 10.1. The molecular weight excluding hydrogens is 284 g/mol. The SMILES string of the molecule is CC1CC(C(Cl)c2sccc2Br)CO1. The smallest absolute Gasteiger partial charge is 0.0740 e. The summed E-state index contributed by atoms with van der Waals surface area (Å²) in [6, 6.07) is 2.05. The minimum atomic E-state index is 0.0920. The van der Waals surface area contributed by atoms with Crippen LogP contribution < -0.4 is 0 Å². The van der Waals surface area contributed by atoms with Crippen molar-refractivity contribution in [3.05, 3.63) is 20.8 Å². The van der Waals surface area contributed by atoms with Crippen LogP contribution in [0.1, 0.15) is 23.6 Å². The van der Waals surface area contributed by atoms with Crippen LogP contribution in [0.4, 0.5) is 0 Å². The molecule has 2 heterocycles. The standard InChI is InChI=1S/C10H12BrClOS/c1-6-4-7(5-13-6)9(12)10-8(11)2-3-14-10/h2-3,6-7,9H,4-5H2,1H3. The molecule has 0 bridgehead atoms. The molecule has 1 saturated heterocycles. The van der Waals surface area contributed by atoms with E-state index in [1.165, 1.54) is 4.88 Å². The van der Waals surface area contributed by atoms with Gasteiger partial charge in [-0.15, -0.1) is 22.9 Å². The summed E-state index contributed by atoms with van der Waals surface area (Å²) in [5.74, 6) is 0.460. The second-order valence-electron chi connectivity index (χ2n) is 3.67. The van der Waals surface area contributed by atoms with Crippen LogP contribution in [-0.4, -0.2) is 12.7 Å². The summed E-state index contributed by atoms with van der Waals surface area (Å²) in [4.78, 5) is 1.23. The first-order valence-corrected chi connectivity index (χ1v) is 6.78. The fraction of sp³-hybridized carbons (Fsp3) is 0.600. The van der Waals surface area contributed by atoms with Gasteiger partial charge in [-0.3, -0.25) is 0 Å². The van der Waals surface area contributed by atoms with Gasteiger partial charge in [0.2, 0.25) is 0 Å². The van der Waals surface area contributed by atoms with Crippen LogP contribution in [0, 0.1) is 5.92 Å². The van der Waals surface area contributed by atoms with Crippen molar-refractivity contribution in [2.24, 2.45) is 5.92 Å². The van der Waals surface area contributed by atoms with E-state index in [0.29, 0.717) is 12.0 Å². The number of alkyl halides is 1. The Morgan fingerprint density at radius 1 is 1.71 bits per heavy atom. The number of thiophene rings is 1. The summed E-state index contributed by atoms with van der Waals surface area (Å²) in [6.07, 6.45) is 1.43. The van der Waals surface area contributed by atoms with Gasteiger partial charge >= 0.3 is 0 Å². The van der Waals surface area contributed by atoms with Gasteiger partial charge in [0.05, 0.1) is 18.1 Å². The second-order valence-corrected chi connectivity index (χ2v) is 5.95. The third kappa shape index (κ3) is 2.16. The molecule has 1 nitrogen and oxygen atoms in total. The van der Waals surface area contributed by atoms with Gasteiger partial charge in [0.1, 0.15) is 0 Å². The van der Waals surface area contributed by atoms with Gasteiger partial charge in [-0.25, -0.2) is 0 Å². The highest BCUT2D eigenvalue weighted by Crippen LogP contribution is 2.41. The number of ether oxygens (including phenoxy) is 1. The molecule has 1 aliphatic rings. The first-order chi connectivity index (χ1) is 6.68. The molecule has 0 aliphatic carbocycles. The van der Waals surface area contributed by atoms with Gasteiger partial charge in [-0.05, 0) is 40.7 Å². The summed E-state index contributed by atoms with van der Waals surface area (Å²) < 4.78 is 6.66. The van der Waals surface area contributed by atoms with Gasteiger partial charge in [0.15, 0.2) is 0 Å². The molecule has 1 fully saturated rings. The van der Waals surface area contributed by atoms with Crippen molar-refractivity contribution in [3.8, 4) is 0 Å². The topological polar surface area (TPSA) is 9.23 Å². The first-order valence-electron chi connectivity index (χ1n) is 4.67. The highest BCUT2D eigenvalue weighted by molar-refractivity contribution is 9.10. The molecule has 3 atom stereocenters. The lowest BCUT2D eigenvalue weighted by atomic mass is 10.0. The van der Waals surface area contributed by atoms with E-state index in [1.54, 1.807) is 11.3 Å². The van der Waals surface area contributed by atoms with Crippen molar-refractivity contribution in [3.63, 3.8) is 0 Å². The molecule has 4 heteroatoms. The minimum absolute atomic E-state index is 0.0920. The largest absolute Gasteiger partial charge is 0.378 e. The van der Waals surface area contributed by atoms with E-state index in [0.717, 1.165) is 17.5 Å². The Morgan fingerprint density at radius 3 is 3.00 bits per heavy atom. The van der Waals surface area contributed by atoms with Crippen LogP contribution in [0.3, 0.4) is 0 Å². The molecule has 3 unspecified atom stereocenters. The zero-order valence-electron chi connectivity index (χ0n) is 7.87. The van der Waals surface area contributed by atoms with Crippen LogP contribution in [0.25, 0.3) is 0 Å². The van der Waals surface area contributed by atoms with Crippen molar-refractivity contribution < 1.29 is 4.74 Å². The molecule has 1 aromatic heterocycles. The third-order valence-electron chi connectivity index (χ3n) is 2.54. The zero-order valence-corrected chi connectivity index (χ0v) is 11.0. The Morgan fingerprint density at radius 2 is 2.50 bits per heavy atom. The monoisotopic (exact) mass is 294 g/mol. The maximum absolute atomic E-state index is 6.42. The quantitative estimate of drug-likeness (QED) is 0.743. The van der Waals surface area contributed by atoms with E-state index in [2.05, 4.69) is 34.3 Å². The maximum Gasteiger partial charge on any atom is 0.0740 e. The molecule has 78 valence electrons. The Bertz CT molecular complexity index is 315. The molecule has 2 rings (SSSR count). The van der Waals surface area contributed by atoms with E-state index < -0.39 is 0 Å². The van der Waals surface area contributed by atoms with Crippen LogP contribution in [0.5, 0.6) is 0 Å². The summed E-state index contributed by atoms with van der Waals surface area (Å²) in [5, 5.41) is 2.16. The fourth-order valence-electron chi connectivity index (χ4n) is 1.77. The van der Waals surface area contributed by atoms with Crippen molar-refractivity contribution >= 4 is 38.9 Å². The first kappa shape index (κ1) is 10.9. The Kier molecular flexibility index (Phi) is 3.53. The van der Waals surface area contributed by atoms with Crippen LogP contribution in [0.2, 0.25) is 0 Å². The molecule has 0 saturated carbocycles. The van der Waals surface area contributed by atoms with Crippen molar-refractivity contribution in [2.75, 3.05) is 6.61 Å². The van der Waals surface area contributed by atoms with Gasteiger partial charge in [0, 0.05) is 15.3 Å². The predicted octanol–water partition coefficient (Wildman–Crippen LogP) is 4.22. The van der Waals surface area contributed by atoms with E-state index in [-0.39, 0.29) is 5.38 Å². The summed E-state index contributed by atoms with van der Waals surface area (Å²) >= 11 is 11.7. The Labute approximate surface area is 102 Å². The van der Waals surface area contributed by atoms with Gasteiger partial charge in [0.25, 0.3) is 0 Å². The van der Waals surface area contributed by atoms with E-state index in [9.17, 15) is 0 Å². The summed E-state index contributed by atoms with van der Waals surface area (Å²) in [7, 11) is 0. The van der Waals surface area contributed by atoms with Gasteiger partial charge in [-0.1, -0.05) is 0 Å². The predicted molar refractivity (Wildman–Crippen MR) is 64.1 cm³/mol. The molecule has 1 aromatic rings. The lowest BCUT2D eigenvalue weighted by molar-refractivity contribution is 0.120. The van der Waals surface area contributed by atoms with Gasteiger partial charge < -0.3 is 4.74 Å². The van der Waals surface area contributed by atoms with E-state index >= 15 is 0 Å². The number of hydrogen-bond donors (Lipinski definition) is 0. The highest BCUT2D eigenvalue weighted by atomic mass is 79.9. The van der Waals surface area contributed by atoms with Crippen molar-refractivity contribution in [2.45, 2.75) is 24.8 Å². The normalized spacial score (nSPS) is 29.4. The molecule has 0 aromatic carbocycles. The van der Waals surface area contributed by atoms with E-state index in [4.69, 9.17) is 16.3 Å². The third-order valence-corrected chi connectivity index (χ3v) is 5.20. The van der Waals surface area contributed by atoms with Crippen LogP contribution in [0.15, 0.2) is 15.9 Å². The lowest BCUT2D eigenvalue weighted by Crippen LogP contribution is -2.07. The van der Waals surface area contributed by atoms with Crippen molar-refractivity contribution in [1.82, 2.24) is 0 Å².